The fraction of sp³-hybridized carbons (Fsp3) is 0.357. The number of aryl methyl sites for hydroxylation is 1. The number of nitrogens with one attached hydrogen (secondary N) is 2. The summed E-state index contributed by atoms with van der Waals surface area (Å²) in [4.78, 5) is 20.3. The van der Waals surface area contributed by atoms with Crippen molar-refractivity contribution in [3.05, 3.63) is 41.7 Å². The van der Waals surface area contributed by atoms with Gasteiger partial charge in [0.2, 0.25) is 0 Å². The Balaban J connectivity index is 2.06. The van der Waals surface area contributed by atoms with E-state index in [9.17, 15) is 4.79 Å². The number of carbonyl (C=O) groups excluding carboxylic acids is 1. The van der Waals surface area contributed by atoms with Gasteiger partial charge in [0.05, 0.1) is 18.4 Å². The van der Waals surface area contributed by atoms with Crippen LogP contribution < -0.4 is 10.6 Å². The normalized spacial score (nSPS) is 11.9. The summed E-state index contributed by atoms with van der Waals surface area (Å²) in [5, 5.41) is 5.85. The molecule has 0 spiro atoms. The lowest BCUT2D eigenvalue weighted by atomic mass is 10.2. The van der Waals surface area contributed by atoms with Crippen molar-refractivity contribution in [3.8, 4) is 0 Å². The highest BCUT2D eigenvalue weighted by atomic mass is 16.3. The minimum absolute atomic E-state index is 0.221. The third kappa shape index (κ3) is 3.34. The quantitative estimate of drug-likeness (QED) is 0.874. The highest BCUT2D eigenvalue weighted by molar-refractivity contribution is 5.92. The summed E-state index contributed by atoms with van der Waals surface area (Å²) in [5.41, 5.74) is 0.276. The topological polar surface area (TPSA) is 80.0 Å². The number of aromatic nitrogens is 2. The van der Waals surface area contributed by atoms with Gasteiger partial charge in [-0.05, 0) is 32.9 Å². The molecule has 6 heteroatoms. The maximum absolute atomic E-state index is 12.1. The van der Waals surface area contributed by atoms with Gasteiger partial charge in [-0.25, -0.2) is 4.98 Å². The molecule has 106 valence electrons. The Labute approximate surface area is 117 Å². The third-order valence-electron chi connectivity index (χ3n) is 2.76. The van der Waals surface area contributed by atoms with Crippen LogP contribution in [0.1, 0.15) is 41.9 Å². The Morgan fingerprint density at radius 1 is 1.40 bits per heavy atom. The largest absolute Gasteiger partial charge is 0.464 e. The van der Waals surface area contributed by atoms with Gasteiger partial charge in [0.1, 0.15) is 23.0 Å². The second-order valence-electron chi connectivity index (χ2n) is 4.46. The van der Waals surface area contributed by atoms with E-state index in [0.717, 1.165) is 12.3 Å². The fourth-order valence-electron chi connectivity index (χ4n) is 1.77. The van der Waals surface area contributed by atoms with Crippen molar-refractivity contribution in [2.24, 2.45) is 0 Å². The predicted molar refractivity (Wildman–Crippen MR) is 75.5 cm³/mol. The molecule has 1 amide bonds. The monoisotopic (exact) mass is 274 g/mol. The standard InChI is InChI=1S/C14H18N4O2/c1-4-16-13-8-15-7-11(18-13)14(19)17-10(3)12-6-5-9(2)20-12/h5-8,10H,4H2,1-3H3,(H,16,18)(H,17,19). The van der Waals surface area contributed by atoms with Crippen molar-refractivity contribution >= 4 is 11.7 Å². The number of hydrogen-bond acceptors (Lipinski definition) is 5. The molecule has 1 atom stereocenters. The smallest absolute Gasteiger partial charge is 0.272 e. The summed E-state index contributed by atoms with van der Waals surface area (Å²) in [5.74, 6) is 1.84. The van der Waals surface area contributed by atoms with Crippen molar-refractivity contribution in [1.29, 1.82) is 0 Å². The van der Waals surface area contributed by atoms with Crippen LogP contribution in [0.5, 0.6) is 0 Å². The van der Waals surface area contributed by atoms with Crippen LogP contribution in [0.25, 0.3) is 0 Å². The lowest BCUT2D eigenvalue weighted by Gasteiger charge is -2.11. The van der Waals surface area contributed by atoms with E-state index >= 15 is 0 Å². The predicted octanol–water partition coefficient (Wildman–Crippen LogP) is 2.30. The van der Waals surface area contributed by atoms with Crippen molar-refractivity contribution in [3.63, 3.8) is 0 Å². The molecule has 0 bridgehead atoms. The zero-order valence-corrected chi connectivity index (χ0v) is 11.8. The van der Waals surface area contributed by atoms with Gasteiger partial charge in [0, 0.05) is 6.54 Å². The Hall–Kier alpha value is -2.37. The average Bonchev–Trinajstić information content (AvgIpc) is 2.86. The molecule has 0 aliphatic carbocycles. The van der Waals surface area contributed by atoms with E-state index in [4.69, 9.17) is 4.42 Å². The highest BCUT2D eigenvalue weighted by Gasteiger charge is 2.15. The van der Waals surface area contributed by atoms with Gasteiger partial charge in [-0.3, -0.25) is 9.78 Å². The molecule has 2 aromatic rings. The molecule has 2 aromatic heterocycles. The summed E-state index contributed by atoms with van der Waals surface area (Å²) >= 11 is 0. The zero-order valence-electron chi connectivity index (χ0n) is 11.8. The second-order valence-corrected chi connectivity index (χ2v) is 4.46. The molecule has 20 heavy (non-hydrogen) atoms. The van der Waals surface area contributed by atoms with Gasteiger partial charge in [0.25, 0.3) is 5.91 Å². The molecule has 1 unspecified atom stereocenters. The van der Waals surface area contributed by atoms with Gasteiger partial charge in [-0.2, -0.15) is 0 Å². The van der Waals surface area contributed by atoms with Crippen molar-refractivity contribution in [1.82, 2.24) is 15.3 Å². The molecular formula is C14H18N4O2. The molecule has 0 fully saturated rings. The second kappa shape index (κ2) is 6.18. The Morgan fingerprint density at radius 2 is 2.20 bits per heavy atom. The van der Waals surface area contributed by atoms with Crippen LogP contribution >= 0.6 is 0 Å². The molecule has 0 saturated heterocycles. The summed E-state index contributed by atoms with van der Waals surface area (Å²) < 4.78 is 5.48. The van der Waals surface area contributed by atoms with Crippen LogP contribution in [0.2, 0.25) is 0 Å². The third-order valence-corrected chi connectivity index (χ3v) is 2.76. The lowest BCUT2D eigenvalue weighted by molar-refractivity contribution is 0.0929. The average molecular weight is 274 g/mol. The highest BCUT2D eigenvalue weighted by Crippen LogP contribution is 2.16. The first kappa shape index (κ1) is 14.0. The maximum atomic E-state index is 12.1. The number of rotatable bonds is 5. The van der Waals surface area contributed by atoms with E-state index in [0.29, 0.717) is 11.6 Å². The molecule has 6 nitrogen and oxygen atoms in total. The first-order chi connectivity index (χ1) is 9.60. The molecule has 0 aromatic carbocycles. The van der Waals surface area contributed by atoms with E-state index in [2.05, 4.69) is 20.6 Å². The molecule has 2 rings (SSSR count). The summed E-state index contributed by atoms with van der Waals surface area (Å²) in [6.07, 6.45) is 3.02. The molecule has 0 aliphatic rings. The van der Waals surface area contributed by atoms with Crippen LogP contribution in [-0.4, -0.2) is 22.4 Å². The van der Waals surface area contributed by atoms with Gasteiger partial charge in [-0.15, -0.1) is 0 Å². The van der Waals surface area contributed by atoms with E-state index in [1.54, 1.807) is 6.20 Å². The van der Waals surface area contributed by atoms with E-state index in [1.807, 2.05) is 32.9 Å². The number of anilines is 1. The van der Waals surface area contributed by atoms with Crippen LogP contribution in [0.4, 0.5) is 5.82 Å². The fourth-order valence-corrected chi connectivity index (χ4v) is 1.77. The molecular weight excluding hydrogens is 256 g/mol. The molecule has 0 saturated carbocycles. The number of furan rings is 1. The Bertz CT molecular complexity index is 594. The van der Waals surface area contributed by atoms with Gasteiger partial charge < -0.3 is 15.1 Å². The number of hydrogen-bond donors (Lipinski definition) is 2. The van der Waals surface area contributed by atoms with E-state index in [-0.39, 0.29) is 17.6 Å². The number of carbonyl (C=O) groups is 1. The first-order valence-corrected chi connectivity index (χ1v) is 6.53. The minimum Gasteiger partial charge on any atom is -0.464 e. The zero-order chi connectivity index (χ0) is 14.5. The SMILES string of the molecule is CCNc1cncc(C(=O)NC(C)c2ccc(C)o2)n1. The maximum Gasteiger partial charge on any atom is 0.272 e. The van der Waals surface area contributed by atoms with Crippen molar-refractivity contribution in [2.45, 2.75) is 26.8 Å². The number of amides is 1. The summed E-state index contributed by atoms with van der Waals surface area (Å²) in [6, 6.07) is 3.49. The number of nitrogens with zero attached hydrogens (tertiary/aromatic N) is 2. The van der Waals surface area contributed by atoms with Crippen LogP contribution in [0.3, 0.4) is 0 Å². The molecule has 0 radical (unpaired) electrons. The van der Waals surface area contributed by atoms with Crippen LogP contribution in [0.15, 0.2) is 28.9 Å². The summed E-state index contributed by atoms with van der Waals surface area (Å²) in [7, 11) is 0. The van der Waals surface area contributed by atoms with Gasteiger partial charge in [-0.1, -0.05) is 0 Å². The van der Waals surface area contributed by atoms with Crippen LogP contribution in [-0.2, 0) is 0 Å². The summed E-state index contributed by atoms with van der Waals surface area (Å²) in [6.45, 7) is 6.40. The first-order valence-electron chi connectivity index (χ1n) is 6.53. The lowest BCUT2D eigenvalue weighted by Crippen LogP contribution is -2.27. The molecule has 0 aliphatic heterocycles. The Kier molecular flexibility index (Phi) is 4.34. The van der Waals surface area contributed by atoms with Crippen molar-refractivity contribution in [2.75, 3.05) is 11.9 Å². The minimum atomic E-state index is -0.279. The van der Waals surface area contributed by atoms with Crippen LogP contribution in [0, 0.1) is 6.92 Å². The molecule has 2 N–H and O–H groups in total. The van der Waals surface area contributed by atoms with Gasteiger partial charge >= 0.3 is 0 Å². The van der Waals surface area contributed by atoms with Gasteiger partial charge in [0.15, 0.2) is 0 Å². The Morgan fingerprint density at radius 3 is 2.85 bits per heavy atom. The van der Waals surface area contributed by atoms with Crippen molar-refractivity contribution < 1.29 is 9.21 Å². The van der Waals surface area contributed by atoms with E-state index in [1.165, 1.54) is 6.20 Å². The van der Waals surface area contributed by atoms with E-state index < -0.39 is 0 Å². The molecule has 2 heterocycles.